The number of carbonyl (C=O) groups is 1. The molecule has 1 aromatic rings. The third kappa shape index (κ3) is 5.38. The van der Waals surface area contributed by atoms with Crippen LogP contribution in [0.15, 0.2) is 5.16 Å². The van der Waals surface area contributed by atoms with Crippen LogP contribution in [0.1, 0.15) is 53.4 Å². The van der Waals surface area contributed by atoms with E-state index in [1.165, 1.54) is 24.6 Å². The molecule has 3 heterocycles. The predicted molar refractivity (Wildman–Crippen MR) is 108 cm³/mol. The van der Waals surface area contributed by atoms with Crippen molar-refractivity contribution in [3.05, 3.63) is 0 Å². The van der Waals surface area contributed by atoms with Crippen LogP contribution in [0.3, 0.4) is 0 Å². The lowest BCUT2D eigenvalue weighted by molar-refractivity contribution is -0.120. The van der Waals surface area contributed by atoms with Gasteiger partial charge in [0, 0.05) is 25.7 Å². The van der Waals surface area contributed by atoms with Crippen LogP contribution in [0.25, 0.3) is 0 Å². The number of carbonyl (C=O) groups excluding carboxylic acids is 1. The zero-order chi connectivity index (χ0) is 19.4. The Morgan fingerprint density at radius 1 is 1.26 bits per heavy atom. The summed E-state index contributed by atoms with van der Waals surface area (Å²) in [7, 11) is 0. The van der Waals surface area contributed by atoms with Crippen molar-refractivity contribution in [2.45, 2.75) is 82.5 Å². The van der Waals surface area contributed by atoms with Gasteiger partial charge in [0.15, 0.2) is 5.16 Å². The molecular formula is C19H33N5O2S. The van der Waals surface area contributed by atoms with Gasteiger partial charge in [-0.2, -0.15) is 0 Å². The van der Waals surface area contributed by atoms with Crippen LogP contribution < -0.4 is 10.2 Å². The van der Waals surface area contributed by atoms with Gasteiger partial charge in [-0.25, -0.2) is 0 Å². The standard InChI is InChI=1S/C19H33N5O2S/c1-13(2)20-17(25)15(4)27-19-22-21-18(23-9-7-14(3)8-10-23)24(19)12-16-6-5-11-26-16/h13-16H,5-12H2,1-4H3,(H,20,25)/t15-,16+/m1/s1. The number of rotatable bonds is 7. The van der Waals surface area contributed by atoms with E-state index in [4.69, 9.17) is 4.74 Å². The number of ether oxygens (including phenoxy) is 1. The lowest BCUT2D eigenvalue weighted by Crippen LogP contribution is -2.36. The summed E-state index contributed by atoms with van der Waals surface area (Å²) in [4.78, 5) is 14.7. The van der Waals surface area contributed by atoms with Crippen molar-refractivity contribution in [1.29, 1.82) is 0 Å². The molecule has 0 bridgehead atoms. The van der Waals surface area contributed by atoms with Crippen LogP contribution in [0, 0.1) is 5.92 Å². The molecule has 7 nitrogen and oxygen atoms in total. The topological polar surface area (TPSA) is 72.3 Å². The third-order valence-electron chi connectivity index (χ3n) is 5.26. The molecule has 152 valence electrons. The van der Waals surface area contributed by atoms with E-state index in [1.54, 1.807) is 0 Å². The normalized spacial score (nSPS) is 22.4. The van der Waals surface area contributed by atoms with Gasteiger partial charge in [-0.3, -0.25) is 9.36 Å². The highest BCUT2D eigenvalue weighted by Crippen LogP contribution is 2.29. The average Bonchev–Trinajstić information content (AvgIpc) is 3.26. The SMILES string of the molecule is CC1CCN(c2nnc(S[C@H](C)C(=O)NC(C)C)n2C[C@@H]2CCCO2)CC1. The Morgan fingerprint density at radius 3 is 2.63 bits per heavy atom. The van der Waals surface area contributed by atoms with Crippen LogP contribution in [0.2, 0.25) is 0 Å². The largest absolute Gasteiger partial charge is 0.376 e. The van der Waals surface area contributed by atoms with E-state index in [0.29, 0.717) is 0 Å². The van der Waals surface area contributed by atoms with Crippen molar-refractivity contribution in [2.24, 2.45) is 5.92 Å². The molecule has 0 aliphatic carbocycles. The fraction of sp³-hybridized carbons (Fsp3) is 0.842. The number of piperidine rings is 1. The molecule has 3 rings (SSSR count). The van der Waals surface area contributed by atoms with Crippen molar-refractivity contribution >= 4 is 23.6 Å². The van der Waals surface area contributed by atoms with Gasteiger partial charge in [0.2, 0.25) is 11.9 Å². The molecule has 8 heteroatoms. The smallest absolute Gasteiger partial charge is 0.233 e. The highest BCUT2D eigenvalue weighted by molar-refractivity contribution is 8.00. The molecule has 0 unspecified atom stereocenters. The van der Waals surface area contributed by atoms with Gasteiger partial charge in [-0.1, -0.05) is 18.7 Å². The molecule has 2 saturated heterocycles. The van der Waals surface area contributed by atoms with Gasteiger partial charge >= 0.3 is 0 Å². The van der Waals surface area contributed by atoms with Crippen LogP contribution in [0.5, 0.6) is 0 Å². The number of amides is 1. The van der Waals surface area contributed by atoms with Crippen molar-refractivity contribution in [3.8, 4) is 0 Å². The lowest BCUT2D eigenvalue weighted by Gasteiger charge is -2.31. The van der Waals surface area contributed by atoms with E-state index < -0.39 is 0 Å². The lowest BCUT2D eigenvalue weighted by atomic mass is 10.00. The van der Waals surface area contributed by atoms with Crippen molar-refractivity contribution < 1.29 is 9.53 Å². The maximum atomic E-state index is 12.3. The van der Waals surface area contributed by atoms with Crippen molar-refractivity contribution in [1.82, 2.24) is 20.1 Å². The zero-order valence-electron chi connectivity index (χ0n) is 17.0. The maximum absolute atomic E-state index is 12.3. The molecule has 0 saturated carbocycles. The van der Waals surface area contributed by atoms with Gasteiger partial charge in [0.05, 0.1) is 17.9 Å². The highest BCUT2D eigenvalue weighted by atomic mass is 32.2. The van der Waals surface area contributed by atoms with Gasteiger partial charge in [-0.15, -0.1) is 10.2 Å². The van der Waals surface area contributed by atoms with E-state index >= 15 is 0 Å². The number of nitrogens with zero attached hydrogens (tertiary/aromatic N) is 4. The van der Waals surface area contributed by atoms with Crippen LogP contribution in [-0.4, -0.2) is 57.8 Å². The Kier molecular flexibility index (Phi) is 7.03. The first-order valence-corrected chi connectivity index (χ1v) is 11.1. The van der Waals surface area contributed by atoms with E-state index in [-0.39, 0.29) is 23.3 Å². The number of nitrogens with one attached hydrogen (secondary N) is 1. The molecule has 2 fully saturated rings. The minimum absolute atomic E-state index is 0.0370. The Labute approximate surface area is 166 Å². The Hall–Kier alpha value is -1.28. The summed E-state index contributed by atoms with van der Waals surface area (Å²) in [6.07, 6.45) is 4.76. The fourth-order valence-corrected chi connectivity index (χ4v) is 4.44. The fourth-order valence-electron chi connectivity index (χ4n) is 3.58. The van der Waals surface area contributed by atoms with Gasteiger partial charge in [-0.05, 0) is 52.4 Å². The molecule has 2 aliphatic rings. The number of hydrogen-bond donors (Lipinski definition) is 1. The molecular weight excluding hydrogens is 362 g/mol. The second-order valence-electron chi connectivity index (χ2n) is 8.12. The molecule has 2 aliphatic heterocycles. The Balaban J connectivity index is 1.76. The molecule has 0 aromatic carbocycles. The third-order valence-corrected chi connectivity index (χ3v) is 6.34. The number of thioether (sulfide) groups is 1. The minimum Gasteiger partial charge on any atom is -0.376 e. The Bertz CT molecular complexity index is 622. The van der Waals surface area contributed by atoms with Crippen LogP contribution in [-0.2, 0) is 16.1 Å². The van der Waals surface area contributed by atoms with Gasteiger partial charge < -0.3 is 15.0 Å². The predicted octanol–water partition coefficient (Wildman–Crippen LogP) is 2.70. The molecule has 1 amide bonds. The summed E-state index contributed by atoms with van der Waals surface area (Å²) >= 11 is 1.48. The summed E-state index contributed by atoms with van der Waals surface area (Å²) < 4.78 is 8.04. The number of aromatic nitrogens is 3. The average molecular weight is 396 g/mol. The molecule has 1 aromatic heterocycles. The summed E-state index contributed by atoms with van der Waals surface area (Å²) in [5, 5.41) is 12.5. The minimum atomic E-state index is -0.214. The molecule has 0 spiro atoms. The van der Waals surface area contributed by atoms with E-state index in [0.717, 1.165) is 56.1 Å². The summed E-state index contributed by atoms with van der Waals surface area (Å²) in [5.41, 5.74) is 0. The number of anilines is 1. The monoisotopic (exact) mass is 395 g/mol. The molecule has 1 N–H and O–H groups in total. The van der Waals surface area contributed by atoms with E-state index in [2.05, 4.69) is 31.9 Å². The summed E-state index contributed by atoms with van der Waals surface area (Å²) in [6, 6.07) is 0.135. The van der Waals surface area contributed by atoms with E-state index in [9.17, 15) is 4.79 Å². The van der Waals surface area contributed by atoms with Crippen LogP contribution in [0.4, 0.5) is 5.95 Å². The first-order valence-electron chi connectivity index (χ1n) is 10.2. The second-order valence-corrected chi connectivity index (χ2v) is 9.43. The van der Waals surface area contributed by atoms with Crippen molar-refractivity contribution in [3.63, 3.8) is 0 Å². The first-order chi connectivity index (χ1) is 12.9. The molecule has 0 radical (unpaired) electrons. The first kappa shape index (κ1) is 20.5. The summed E-state index contributed by atoms with van der Waals surface area (Å²) in [6.45, 7) is 11.8. The Morgan fingerprint density at radius 2 is 2.00 bits per heavy atom. The maximum Gasteiger partial charge on any atom is 0.233 e. The van der Waals surface area contributed by atoms with Gasteiger partial charge in [0.25, 0.3) is 0 Å². The highest BCUT2D eigenvalue weighted by Gasteiger charge is 2.27. The van der Waals surface area contributed by atoms with Crippen molar-refractivity contribution in [2.75, 3.05) is 24.6 Å². The quantitative estimate of drug-likeness (QED) is 0.716. The molecule has 27 heavy (non-hydrogen) atoms. The van der Waals surface area contributed by atoms with Gasteiger partial charge in [0.1, 0.15) is 0 Å². The van der Waals surface area contributed by atoms with Crippen LogP contribution >= 0.6 is 11.8 Å². The molecule has 2 atom stereocenters. The van der Waals surface area contributed by atoms with E-state index in [1.807, 2.05) is 20.8 Å². The number of hydrogen-bond acceptors (Lipinski definition) is 6. The zero-order valence-corrected chi connectivity index (χ0v) is 17.8. The summed E-state index contributed by atoms with van der Waals surface area (Å²) in [5.74, 6) is 1.73. The second kappa shape index (κ2) is 9.28.